The second kappa shape index (κ2) is 4.87. The molecule has 0 spiro atoms. The average molecular weight is 325 g/mol. The normalized spacial score (nSPS) is 12.4. The molecule has 0 aliphatic carbocycles. The lowest BCUT2D eigenvalue weighted by molar-refractivity contribution is -0.0501. The number of ether oxygens (including phenoxy) is 1. The van der Waals surface area contributed by atoms with Gasteiger partial charge in [-0.1, -0.05) is 0 Å². The van der Waals surface area contributed by atoms with E-state index in [-0.39, 0.29) is 11.7 Å². The van der Waals surface area contributed by atoms with Gasteiger partial charge < -0.3 is 8.92 Å². The summed E-state index contributed by atoms with van der Waals surface area (Å²) in [7, 11) is -4.65. The van der Waals surface area contributed by atoms with Crippen LogP contribution in [0.15, 0.2) is 23.1 Å². The molecule has 2 rings (SSSR count). The summed E-state index contributed by atoms with van der Waals surface area (Å²) in [5, 5.41) is 0. The molecular weight excluding hydrogens is 319 g/mol. The lowest BCUT2D eigenvalue weighted by Gasteiger charge is -2.09. The minimum absolute atomic E-state index is 0.0257. The van der Waals surface area contributed by atoms with Crippen molar-refractivity contribution in [3.05, 3.63) is 28.7 Å². The highest BCUT2D eigenvalue weighted by molar-refractivity contribution is 7.87. The lowest BCUT2D eigenvalue weighted by atomic mass is 10.5. The molecule has 2 aromatic heterocycles. The third-order valence-electron chi connectivity index (χ3n) is 2.17. The Balaban J connectivity index is 2.54. The van der Waals surface area contributed by atoms with E-state index in [4.69, 9.17) is 4.74 Å². The molecule has 114 valence electrons. The molecule has 0 aliphatic heterocycles. The van der Waals surface area contributed by atoms with Crippen molar-refractivity contribution >= 4 is 15.9 Å². The summed E-state index contributed by atoms with van der Waals surface area (Å²) in [6.45, 7) is 0. The maximum atomic E-state index is 12.2. The van der Waals surface area contributed by atoms with Crippen molar-refractivity contribution in [2.24, 2.45) is 0 Å². The highest BCUT2D eigenvalue weighted by atomic mass is 32.2. The molecular formula is C9H6F3N3O5S. The molecule has 0 saturated carbocycles. The van der Waals surface area contributed by atoms with Crippen molar-refractivity contribution in [1.29, 1.82) is 0 Å². The minimum Gasteiger partial charge on any atom is -0.481 e. The van der Waals surface area contributed by atoms with E-state index in [1.807, 2.05) is 0 Å². The smallest absolute Gasteiger partial charge is 0.481 e. The molecule has 8 nitrogen and oxygen atoms in total. The molecule has 12 heteroatoms. The van der Waals surface area contributed by atoms with Crippen LogP contribution in [-0.4, -0.2) is 35.4 Å². The third-order valence-corrected chi connectivity index (χ3v) is 3.13. The maximum Gasteiger partial charge on any atom is 0.534 e. The number of fused-ring (bicyclic) bond motifs is 1. The van der Waals surface area contributed by atoms with Crippen molar-refractivity contribution in [3.63, 3.8) is 0 Å². The van der Waals surface area contributed by atoms with E-state index in [1.165, 1.54) is 19.4 Å². The first-order chi connectivity index (χ1) is 9.64. The average Bonchev–Trinajstić information content (AvgIpc) is 2.36. The fourth-order valence-electron chi connectivity index (χ4n) is 1.27. The fourth-order valence-corrected chi connectivity index (χ4v) is 1.67. The predicted octanol–water partition coefficient (Wildman–Crippen LogP) is 0.326. The number of halogens is 3. The van der Waals surface area contributed by atoms with Crippen LogP contribution >= 0.6 is 0 Å². The van der Waals surface area contributed by atoms with E-state index >= 15 is 0 Å². The molecule has 0 saturated heterocycles. The van der Waals surface area contributed by atoms with Gasteiger partial charge in [-0.3, -0.25) is 9.20 Å². The summed E-state index contributed by atoms with van der Waals surface area (Å²) in [5.74, 6) is -1.40. The molecule has 0 fully saturated rings. The lowest BCUT2D eigenvalue weighted by Crippen LogP contribution is -2.29. The second-order valence-corrected chi connectivity index (χ2v) is 5.09. The molecule has 2 aromatic rings. The molecule has 21 heavy (non-hydrogen) atoms. The zero-order chi connectivity index (χ0) is 15.8. The first-order valence-electron chi connectivity index (χ1n) is 5.09. The van der Waals surface area contributed by atoms with Gasteiger partial charge in [0.2, 0.25) is 17.5 Å². The van der Waals surface area contributed by atoms with Crippen LogP contribution in [0.25, 0.3) is 5.78 Å². The molecule has 2 heterocycles. The van der Waals surface area contributed by atoms with Crippen LogP contribution in [0.3, 0.4) is 0 Å². The first-order valence-corrected chi connectivity index (χ1v) is 6.50. The van der Waals surface area contributed by atoms with Crippen LogP contribution in [0.1, 0.15) is 0 Å². The van der Waals surface area contributed by atoms with Gasteiger partial charge in [-0.05, 0) is 0 Å². The van der Waals surface area contributed by atoms with E-state index < -0.39 is 27.1 Å². The highest BCUT2D eigenvalue weighted by Crippen LogP contribution is 2.25. The van der Waals surface area contributed by atoms with Gasteiger partial charge in [0.1, 0.15) is 0 Å². The molecule has 0 bridgehead atoms. The largest absolute Gasteiger partial charge is 0.534 e. The van der Waals surface area contributed by atoms with Gasteiger partial charge in [-0.25, -0.2) is 0 Å². The van der Waals surface area contributed by atoms with E-state index in [0.29, 0.717) is 6.07 Å². The van der Waals surface area contributed by atoms with Crippen molar-refractivity contribution < 1.29 is 30.5 Å². The van der Waals surface area contributed by atoms with Crippen LogP contribution in [0.4, 0.5) is 13.2 Å². The van der Waals surface area contributed by atoms with Crippen LogP contribution < -0.4 is 14.5 Å². The zero-order valence-electron chi connectivity index (χ0n) is 10.2. The number of aromatic nitrogens is 3. The summed E-state index contributed by atoms with van der Waals surface area (Å²) in [6.07, 6.45) is 1.21. The molecule has 0 aliphatic rings. The summed E-state index contributed by atoms with van der Waals surface area (Å²) in [5.41, 5.74) is -6.51. The number of hydrogen-bond donors (Lipinski definition) is 0. The topological polar surface area (TPSA) is 99.9 Å². The van der Waals surface area contributed by atoms with E-state index in [1.54, 1.807) is 0 Å². The Bertz CT molecular complexity index is 846. The van der Waals surface area contributed by atoms with Gasteiger partial charge in [-0.15, -0.1) is 0 Å². The van der Waals surface area contributed by atoms with Gasteiger partial charge in [0, 0.05) is 12.3 Å². The Morgan fingerprint density at radius 3 is 2.43 bits per heavy atom. The van der Waals surface area contributed by atoms with Gasteiger partial charge in [0.05, 0.1) is 13.2 Å². The predicted molar refractivity (Wildman–Crippen MR) is 61.4 cm³/mol. The van der Waals surface area contributed by atoms with Crippen molar-refractivity contribution in [3.8, 4) is 11.8 Å². The van der Waals surface area contributed by atoms with E-state index in [2.05, 4.69) is 14.2 Å². The SMILES string of the molecule is COc1ccn2c(=O)cc(OS(=O)(=O)C(F)(F)F)nc2n1. The number of nitrogens with zero attached hydrogens (tertiary/aromatic N) is 3. The second-order valence-electron chi connectivity index (χ2n) is 3.56. The summed E-state index contributed by atoms with van der Waals surface area (Å²) in [6, 6.07) is 1.80. The third kappa shape index (κ3) is 2.89. The highest BCUT2D eigenvalue weighted by Gasteiger charge is 2.49. The van der Waals surface area contributed by atoms with Gasteiger partial charge in [0.15, 0.2) is 0 Å². The van der Waals surface area contributed by atoms with Crippen LogP contribution in [0.2, 0.25) is 0 Å². The van der Waals surface area contributed by atoms with E-state index in [0.717, 1.165) is 4.40 Å². The number of methoxy groups -OCH3 is 1. The van der Waals surface area contributed by atoms with Gasteiger partial charge in [0.25, 0.3) is 5.56 Å². The molecule has 0 aromatic carbocycles. The summed E-state index contributed by atoms with van der Waals surface area (Å²) in [4.78, 5) is 18.7. The molecule has 0 N–H and O–H groups in total. The number of rotatable bonds is 3. The summed E-state index contributed by atoms with van der Waals surface area (Å²) >= 11 is 0. The molecule has 0 unspecified atom stereocenters. The van der Waals surface area contributed by atoms with Gasteiger partial charge in [-0.2, -0.15) is 31.6 Å². The Hall–Kier alpha value is -2.37. The standard InChI is InChI=1S/C9H6F3N3O5S/c1-19-5-2-3-15-7(16)4-6(14-8(15)13-5)20-21(17,18)9(10,11)12/h2-4H,1H3. The van der Waals surface area contributed by atoms with Crippen LogP contribution in [-0.2, 0) is 10.1 Å². The Morgan fingerprint density at radius 1 is 1.24 bits per heavy atom. The van der Waals surface area contributed by atoms with Crippen molar-refractivity contribution in [1.82, 2.24) is 14.4 Å². The maximum absolute atomic E-state index is 12.2. The minimum atomic E-state index is -5.92. The Morgan fingerprint density at radius 2 is 1.86 bits per heavy atom. The quantitative estimate of drug-likeness (QED) is 0.592. The Kier molecular flexibility index (Phi) is 3.49. The van der Waals surface area contributed by atoms with Gasteiger partial charge >= 0.3 is 15.6 Å². The van der Waals surface area contributed by atoms with Crippen molar-refractivity contribution in [2.75, 3.05) is 7.11 Å². The van der Waals surface area contributed by atoms with Crippen LogP contribution in [0.5, 0.6) is 11.8 Å². The van der Waals surface area contributed by atoms with Crippen LogP contribution in [0, 0.1) is 0 Å². The molecule has 0 atom stereocenters. The Labute approximate surface area is 114 Å². The fraction of sp³-hybridized carbons (Fsp3) is 0.222. The first kappa shape index (κ1) is 15.0. The zero-order valence-corrected chi connectivity index (χ0v) is 11.0. The number of hydrogen-bond acceptors (Lipinski definition) is 7. The van der Waals surface area contributed by atoms with Crippen molar-refractivity contribution in [2.45, 2.75) is 5.51 Å². The summed E-state index contributed by atoms with van der Waals surface area (Å²) < 4.78 is 67.7. The number of alkyl halides is 3. The molecule has 0 radical (unpaired) electrons. The monoisotopic (exact) mass is 325 g/mol. The van der Waals surface area contributed by atoms with E-state index in [9.17, 15) is 26.4 Å². The molecule has 0 amide bonds.